The summed E-state index contributed by atoms with van der Waals surface area (Å²) >= 11 is 1.42. The van der Waals surface area contributed by atoms with Crippen LogP contribution in [0.1, 0.15) is 32.9 Å². The Kier molecular flexibility index (Phi) is 4.73. The van der Waals surface area contributed by atoms with E-state index in [1.54, 1.807) is 12.1 Å². The van der Waals surface area contributed by atoms with E-state index in [1.165, 1.54) is 23.5 Å². The van der Waals surface area contributed by atoms with Gasteiger partial charge in [0, 0.05) is 19.5 Å². The number of amides is 1. The molecule has 0 N–H and O–H groups in total. The van der Waals surface area contributed by atoms with Gasteiger partial charge in [-0.15, -0.1) is 11.3 Å². The summed E-state index contributed by atoms with van der Waals surface area (Å²) in [6.07, 6.45) is 0.679. The molecule has 2 aromatic rings. The Balaban J connectivity index is 1.75. The van der Waals surface area contributed by atoms with Crippen LogP contribution in [0.5, 0.6) is 0 Å². The summed E-state index contributed by atoms with van der Waals surface area (Å²) in [6, 6.07) is 6.38. The molecular formula is C17H19FN2O2S. The van der Waals surface area contributed by atoms with Crippen LogP contribution in [0.25, 0.3) is 0 Å². The highest BCUT2D eigenvalue weighted by molar-refractivity contribution is 7.13. The predicted molar refractivity (Wildman–Crippen MR) is 87.4 cm³/mol. The minimum atomic E-state index is -0.249. The van der Waals surface area contributed by atoms with Crippen molar-refractivity contribution in [2.24, 2.45) is 0 Å². The number of morpholine rings is 1. The number of aromatic nitrogens is 1. The third kappa shape index (κ3) is 3.76. The van der Waals surface area contributed by atoms with Crippen LogP contribution in [0.4, 0.5) is 4.39 Å². The molecule has 0 aliphatic carbocycles. The van der Waals surface area contributed by atoms with Crippen molar-refractivity contribution < 1.29 is 13.9 Å². The second-order valence-corrected chi connectivity index (χ2v) is 6.84. The number of nitrogens with zero attached hydrogens (tertiary/aromatic N) is 2. The zero-order valence-electron chi connectivity index (χ0n) is 13.2. The van der Waals surface area contributed by atoms with E-state index in [0.29, 0.717) is 31.0 Å². The molecule has 1 fully saturated rings. The lowest BCUT2D eigenvalue weighted by molar-refractivity contribution is -0.0122. The van der Waals surface area contributed by atoms with Crippen LogP contribution in [0, 0.1) is 12.7 Å². The number of benzene rings is 1. The second-order valence-electron chi connectivity index (χ2n) is 5.76. The van der Waals surface area contributed by atoms with E-state index in [2.05, 4.69) is 4.98 Å². The number of aryl methyl sites for hydroxylation is 1. The number of carbonyl (C=O) groups is 1. The molecule has 0 unspecified atom stereocenters. The Bertz CT molecular complexity index is 699. The van der Waals surface area contributed by atoms with E-state index in [9.17, 15) is 9.18 Å². The summed E-state index contributed by atoms with van der Waals surface area (Å²) in [7, 11) is 0. The van der Waals surface area contributed by atoms with E-state index in [1.807, 2.05) is 18.7 Å². The summed E-state index contributed by atoms with van der Waals surface area (Å²) in [6.45, 7) is 5.64. The largest absolute Gasteiger partial charge is 0.375 e. The standard InChI is InChI=1S/C17H19FN2O2S/c1-11-10-20(7-8-22-11)17(21)16-12(2)19-15(23-16)9-13-3-5-14(18)6-4-13/h3-6,11H,7-10H2,1-2H3/t11-/m1/s1. The molecule has 3 rings (SSSR count). The van der Waals surface area contributed by atoms with Gasteiger partial charge in [-0.2, -0.15) is 0 Å². The van der Waals surface area contributed by atoms with Crippen molar-refractivity contribution in [2.45, 2.75) is 26.4 Å². The molecule has 23 heavy (non-hydrogen) atoms. The highest BCUT2D eigenvalue weighted by atomic mass is 32.1. The quantitative estimate of drug-likeness (QED) is 0.866. The first kappa shape index (κ1) is 16.1. The third-order valence-electron chi connectivity index (χ3n) is 3.83. The maximum absolute atomic E-state index is 13.0. The van der Waals surface area contributed by atoms with Crippen molar-refractivity contribution in [3.05, 3.63) is 51.2 Å². The lowest BCUT2D eigenvalue weighted by Crippen LogP contribution is -2.44. The lowest BCUT2D eigenvalue weighted by atomic mass is 10.1. The molecule has 1 saturated heterocycles. The maximum atomic E-state index is 13.0. The number of hydrogen-bond acceptors (Lipinski definition) is 4. The van der Waals surface area contributed by atoms with Crippen molar-refractivity contribution >= 4 is 17.2 Å². The van der Waals surface area contributed by atoms with Gasteiger partial charge in [0.1, 0.15) is 10.7 Å². The van der Waals surface area contributed by atoms with Crippen molar-refractivity contribution in [3.63, 3.8) is 0 Å². The average molecular weight is 334 g/mol. The summed E-state index contributed by atoms with van der Waals surface area (Å²) < 4.78 is 18.4. The van der Waals surface area contributed by atoms with Crippen LogP contribution < -0.4 is 0 Å². The molecule has 4 nitrogen and oxygen atoms in total. The first-order valence-electron chi connectivity index (χ1n) is 7.64. The average Bonchev–Trinajstić information content (AvgIpc) is 2.89. The first-order chi connectivity index (χ1) is 11.0. The molecular weight excluding hydrogens is 315 g/mol. The minimum absolute atomic E-state index is 0.0282. The van der Waals surface area contributed by atoms with E-state index >= 15 is 0 Å². The van der Waals surface area contributed by atoms with E-state index in [0.717, 1.165) is 16.3 Å². The van der Waals surface area contributed by atoms with Crippen molar-refractivity contribution in [2.75, 3.05) is 19.7 Å². The van der Waals surface area contributed by atoms with Gasteiger partial charge in [0.25, 0.3) is 5.91 Å². The van der Waals surface area contributed by atoms with Gasteiger partial charge in [0.2, 0.25) is 0 Å². The van der Waals surface area contributed by atoms with Gasteiger partial charge in [-0.25, -0.2) is 9.37 Å². The van der Waals surface area contributed by atoms with Gasteiger partial charge in [-0.3, -0.25) is 4.79 Å². The van der Waals surface area contributed by atoms with Gasteiger partial charge in [-0.1, -0.05) is 12.1 Å². The molecule has 0 radical (unpaired) electrons. The van der Waals surface area contributed by atoms with Crippen LogP contribution in [-0.4, -0.2) is 41.6 Å². The molecule has 2 heterocycles. The minimum Gasteiger partial charge on any atom is -0.375 e. The van der Waals surface area contributed by atoms with Gasteiger partial charge in [0.05, 0.1) is 23.4 Å². The smallest absolute Gasteiger partial charge is 0.266 e. The molecule has 6 heteroatoms. The Morgan fingerprint density at radius 2 is 2.17 bits per heavy atom. The molecule has 0 spiro atoms. The summed E-state index contributed by atoms with van der Waals surface area (Å²) in [4.78, 5) is 19.7. The maximum Gasteiger partial charge on any atom is 0.266 e. The van der Waals surface area contributed by atoms with E-state index in [4.69, 9.17) is 4.74 Å². The first-order valence-corrected chi connectivity index (χ1v) is 8.46. The van der Waals surface area contributed by atoms with Crippen LogP contribution in [0.2, 0.25) is 0 Å². The number of ether oxygens (including phenoxy) is 1. The van der Waals surface area contributed by atoms with Gasteiger partial charge in [0.15, 0.2) is 0 Å². The SMILES string of the molecule is Cc1nc(Cc2ccc(F)cc2)sc1C(=O)N1CCO[C@H](C)C1. The molecule has 122 valence electrons. The van der Waals surface area contributed by atoms with Gasteiger partial charge < -0.3 is 9.64 Å². The third-order valence-corrected chi connectivity index (χ3v) is 4.98. The van der Waals surface area contributed by atoms with Crippen LogP contribution in [0.3, 0.4) is 0 Å². The molecule has 0 bridgehead atoms. The van der Waals surface area contributed by atoms with Crippen molar-refractivity contribution in [1.82, 2.24) is 9.88 Å². The Hall–Kier alpha value is -1.79. The Labute approximate surface area is 138 Å². The summed E-state index contributed by atoms with van der Waals surface area (Å²) in [5.74, 6) is -0.220. The topological polar surface area (TPSA) is 42.4 Å². The monoisotopic (exact) mass is 334 g/mol. The van der Waals surface area contributed by atoms with Crippen molar-refractivity contribution in [3.8, 4) is 0 Å². The molecule has 1 amide bonds. The fraction of sp³-hybridized carbons (Fsp3) is 0.412. The zero-order valence-corrected chi connectivity index (χ0v) is 14.0. The molecule has 1 aliphatic rings. The van der Waals surface area contributed by atoms with Crippen LogP contribution in [-0.2, 0) is 11.2 Å². The van der Waals surface area contributed by atoms with E-state index in [-0.39, 0.29) is 17.8 Å². The molecule has 1 aromatic heterocycles. The Morgan fingerprint density at radius 3 is 2.87 bits per heavy atom. The molecule has 1 atom stereocenters. The highest BCUT2D eigenvalue weighted by Crippen LogP contribution is 2.23. The highest BCUT2D eigenvalue weighted by Gasteiger charge is 2.25. The number of hydrogen-bond donors (Lipinski definition) is 0. The van der Waals surface area contributed by atoms with Crippen LogP contribution in [0.15, 0.2) is 24.3 Å². The van der Waals surface area contributed by atoms with Gasteiger partial charge in [-0.05, 0) is 31.5 Å². The summed E-state index contributed by atoms with van der Waals surface area (Å²) in [5, 5.41) is 0.874. The van der Waals surface area contributed by atoms with Crippen LogP contribution >= 0.6 is 11.3 Å². The number of carbonyl (C=O) groups excluding carboxylic acids is 1. The lowest BCUT2D eigenvalue weighted by Gasteiger charge is -2.30. The normalized spacial score (nSPS) is 18.2. The molecule has 1 aromatic carbocycles. The molecule has 1 aliphatic heterocycles. The number of halogens is 1. The number of rotatable bonds is 3. The van der Waals surface area contributed by atoms with Gasteiger partial charge >= 0.3 is 0 Å². The second kappa shape index (κ2) is 6.76. The zero-order chi connectivity index (χ0) is 16.4. The Morgan fingerprint density at radius 1 is 1.43 bits per heavy atom. The fourth-order valence-corrected chi connectivity index (χ4v) is 3.72. The predicted octanol–water partition coefficient (Wildman–Crippen LogP) is 3.04. The van der Waals surface area contributed by atoms with E-state index < -0.39 is 0 Å². The number of thiazole rings is 1. The molecule has 0 saturated carbocycles. The fourth-order valence-electron chi connectivity index (χ4n) is 2.65. The summed E-state index contributed by atoms with van der Waals surface area (Å²) in [5.41, 5.74) is 1.75. The van der Waals surface area contributed by atoms with Crippen molar-refractivity contribution in [1.29, 1.82) is 0 Å².